The minimum atomic E-state index is -0.681. The number of hydrogen-bond donors (Lipinski definition) is 0. The third-order valence-corrected chi connectivity index (χ3v) is 8.26. The van der Waals surface area contributed by atoms with Gasteiger partial charge in [-0.05, 0) is 44.4 Å². The van der Waals surface area contributed by atoms with Gasteiger partial charge < -0.3 is 14.5 Å². The largest absolute Gasteiger partial charge is 0.481 e. The van der Waals surface area contributed by atoms with E-state index in [-0.39, 0.29) is 40.8 Å². The summed E-state index contributed by atoms with van der Waals surface area (Å²) >= 11 is 8.98. The van der Waals surface area contributed by atoms with Crippen molar-refractivity contribution in [3.05, 3.63) is 61.5 Å². The van der Waals surface area contributed by atoms with Gasteiger partial charge in [0.2, 0.25) is 4.96 Å². The second-order valence-corrected chi connectivity index (χ2v) is 10.8. The monoisotopic (exact) mass is 562 g/mol. The van der Waals surface area contributed by atoms with Crippen molar-refractivity contribution in [2.75, 3.05) is 26.2 Å². The SMILES string of the molecule is CCN(CC)C(=O)c1ccc(OCC(=O)N2CCc3nc4sc(C)nn4c3[C@@H]2c2sccc2F)c(Cl)n1. The number of pyridine rings is 1. The zero-order chi connectivity index (χ0) is 26.3. The van der Waals surface area contributed by atoms with E-state index in [1.807, 2.05) is 20.8 Å². The van der Waals surface area contributed by atoms with Crippen LogP contribution in [0.25, 0.3) is 4.96 Å². The van der Waals surface area contributed by atoms with Gasteiger partial charge in [-0.2, -0.15) is 5.10 Å². The van der Waals surface area contributed by atoms with Crippen LogP contribution in [0.15, 0.2) is 23.6 Å². The van der Waals surface area contributed by atoms with E-state index in [9.17, 15) is 14.0 Å². The van der Waals surface area contributed by atoms with Crippen LogP contribution in [0.5, 0.6) is 5.75 Å². The maximum absolute atomic E-state index is 14.8. The molecule has 0 radical (unpaired) electrons. The molecule has 0 bridgehead atoms. The smallest absolute Gasteiger partial charge is 0.272 e. The van der Waals surface area contributed by atoms with Gasteiger partial charge in [-0.25, -0.2) is 18.9 Å². The lowest BCUT2D eigenvalue weighted by molar-refractivity contribution is -0.135. The minimum Gasteiger partial charge on any atom is -0.481 e. The summed E-state index contributed by atoms with van der Waals surface area (Å²) in [6, 6.07) is 3.77. The number of nitrogens with zero attached hydrogens (tertiary/aromatic N) is 6. The Kier molecular flexibility index (Phi) is 7.15. The second kappa shape index (κ2) is 10.3. The van der Waals surface area contributed by atoms with Gasteiger partial charge in [0.1, 0.15) is 22.6 Å². The maximum atomic E-state index is 14.8. The van der Waals surface area contributed by atoms with E-state index in [4.69, 9.17) is 16.3 Å². The summed E-state index contributed by atoms with van der Waals surface area (Å²) in [4.78, 5) is 39.2. The van der Waals surface area contributed by atoms with E-state index in [1.54, 1.807) is 19.7 Å². The summed E-state index contributed by atoms with van der Waals surface area (Å²) in [5.41, 5.74) is 1.70. The molecule has 5 rings (SSSR count). The van der Waals surface area contributed by atoms with E-state index in [0.29, 0.717) is 41.6 Å². The molecule has 4 aromatic heterocycles. The van der Waals surface area contributed by atoms with Crippen molar-refractivity contribution < 1.29 is 18.7 Å². The highest BCUT2D eigenvalue weighted by Gasteiger charge is 2.39. The van der Waals surface area contributed by atoms with Gasteiger partial charge >= 0.3 is 0 Å². The zero-order valence-corrected chi connectivity index (χ0v) is 22.8. The molecule has 2 amide bonds. The average molecular weight is 563 g/mol. The number of aryl methyl sites for hydroxylation is 1. The van der Waals surface area contributed by atoms with Crippen molar-refractivity contribution in [1.29, 1.82) is 0 Å². The number of amides is 2. The van der Waals surface area contributed by atoms with Crippen LogP contribution < -0.4 is 4.74 Å². The Morgan fingerprint density at radius 3 is 2.70 bits per heavy atom. The molecule has 4 aromatic rings. The molecule has 0 N–H and O–H groups in total. The molecule has 0 saturated carbocycles. The summed E-state index contributed by atoms with van der Waals surface area (Å²) in [6.45, 7) is 6.77. The molecule has 0 unspecified atom stereocenters. The second-order valence-electron chi connectivity index (χ2n) is 8.38. The molecule has 1 aliphatic heterocycles. The van der Waals surface area contributed by atoms with Gasteiger partial charge in [0.25, 0.3) is 11.8 Å². The predicted octanol–water partition coefficient (Wildman–Crippen LogP) is 4.38. The number of carbonyl (C=O) groups is 2. The Morgan fingerprint density at radius 1 is 1.24 bits per heavy atom. The fourth-order valence-corrected chi connectivity index (χ4v) is 6.30. The van der Waals surface area contributed by atoms with Crippen molar-refractivity contribution in [2.24, 2.45) is 0 Å². The van der Waals surface area contributed by atoms with Crippen LogP contribution in [-0.2, 0) is 11.2 Å². The molecule has 5 heterocycles. The highest BCUT2D eigenvalue weighted by molar-refractivity contribution is 7.16. The summed E-state index contributed by atoms with van der Waals surface area (Å²) in [7, 11) is 0. The summed E-state index contributed by atoms with van der Waals surface area (Å²) in [5, 5.41) is 7.03. The van der Waals surface area contributed by atoms with Gasteiger partial charge in [-0.1, -0.05) is 22.9 Å². The topological polar surface area (TPSA) is 92.9 Å². The van der Waals surface area contributed by atoms with E-state index in [2.05, 4.69) is 15.1 Å². The zero-order valence-electron chi connectivity index (χ0n) is 20.4. The molecule has 9 nitrogen and oxygen atoms in total. The molecule has 1 aliphatic rings. The lowest BCUT2D eigenvalue weighted by atomic mass is 10.0. The molecular weight excluding hydrogens is 539 g/mol. The molecule has 0 aromatic carbocycles. The van der Waals surface area contributed by atoms with Gasteiger partial charge in [-0.15, -0.1) is 11.3 Å². The number of aromatic nitrogens is 4. The first-order valence-electron chi connectivity index (χ1n) is 11.8. The van der Waals surface area contributed by atoms with Crippen molar-refractivity contribution >= 4 is 51.0 Å². The lowest BCUT2D eigenvalue weighted by Gasteiger charge is -2.34. The minimum absolute atomic E-state index is 0.0111. The Morgan fingerprint density at radius 2 is 2.03 bits per heavy atom. The molecule has 0 saturated heterocycles. The van der Waals surface area contributed by atoms with Crippen molar-refractivity contribution in [2.45, 2.75) is 33.2 Å². The average Bonchev–Trinajstić information content (AvgIpc) is 3.56. The summed E-state index contributed by atoms with van der Waals surface area (Å²) in [5.74, 6) is -0.776. The number of carbonyl (C=O) groups excluding carboxylic acids is 2. The Balaban J connectivity index is 1.39. The first-order chi connectivity index (χ1) is 17.8. The first-order valence-corrected chi connectivity index (χ1v) is 13.9. The van der Waals surface area contributed by atoms with Crippen molar-refractivity contribution in [3.63, 3.8) is 0 Å². The van der Waals surface area contributed by atoms with Crippen molar-refractivity contribution in [1.82, 2.24) is 29.4 Å². The van der Waals surface area contributed by atoms with Crippen LogP contribution in [0, 0.1) is 12.7 Å². The number of imidazole rings is 1. The van der Waals surface area contributed by atoms with E-state index in [0.717, 1.165) is 10.7 Å². The quantitative estimate of drug-likeness (QED) is 0.310. The maximum Gasteiger partial charge on any atom is 0.272 e. The fraction of sp³-hybridized carbons (Fsp3) is 0.375. The van der Waals surface area contributed by atoms with Crippen molar-refractivity contribution in [3.8, 4) is 5.75 Å². The van der Waals surface area contributed by atoms with Crippen LogP contribution in [0.3, 0.4) is 0 Å². The number of hydrogen-bond acceptors (Lipinski definition) is 8. The van der Waals surface area contributed by atoms with Crippen LogP contribution in [0.1, 0.15) is 51.7 Å². The summed E-state index contributed by atoms with van der Waals surface area (Å²) in [6.07, 6.45) is 0.518. The third-order valence-electron chi connectivity index (χ3n) is 6.22. The number of rotatable bonds is 7. The molecule has 194 valence electrons. The fourth-order valence-electron chi connectivity index (χ4n) is 4.44. The molecule has 0 aliphatic carbocycles. The van der Waals surface area contributed by atoms with Gasteiger partial charge in [0, 0.05) is 26.1 Å². The summed E-state index contributed by atoms with van der Waals surface area (Å²) < 4.78 is 22.3. The molecule has 13 heteroatoms. The highest BCUT2D eigenvalue weighted by atomic mass is 35.5. The number of thiophene rings is 1. The number of ether oxygens (including phenoxy) is 1. The lowest BCUT2D eigenvalue weighted by Crippen LogP contribution is -2.43. The van der Waals surface area contributed by atoms with E-state index < -0.39 is 6.04 Å². The molecular formula is C24H24ClFN6O3S2. The third kappa shape index (κ3) is 4.69. The Hall–Kier alpha value is -3.09. The van der Waals surface area contributed by atoms with Crippen LogP contribution >= 0.6 is 34.3 Å². The highest BCUT2D eigenvalue weighted by Crippen LogP contribution is 2.39. The molecule has 0 spiro atoms. The normalized spacial score (nSPS) is 15.2. The first kappa shape index (κ1) is 25.6. The van der Waals surface area contributed by atoms with Gasteiger partial charge in [-0.3, -0.25) is 9.59 Å². The Bertz CT molecular complexity index is 1480. The standard InChI is InChI=1S/C24H24ClFN6O3S2/c1-4-30(5-2)23(34)16-6-7-17(22(25)27-16)35-12-18(33)31-10-8-15-19(20(31)21-14(26)9-11-36-21)32-24(28-15)37-13(3)29-32/h6-7,9,11,20H,4-5,8,10,12H2,1-3H3/t20-/m1/s1. The van der Waals surface area contributed by atoms with Gasteiger partial charge in [0.15, 0.2) is 17.5 Å². The Labute approximate surface area is 225 Å². The number of halogens is 2. The predicted molar refractivity (Wildman–Crippen MR) is 139 cm³/mol. The molecule has 37 heavy (non-hydrogen) atoms. The molecule has 0 fully saturated rings. The van der Waals surface area contributed by atoms with E-state index in [1.165, 1.54) is 40.9 Å². The number of fused-ring (bicyclic) bond motifs is 3. The molecule has 1 atom stereocenters. The van der Waals surface area contributed by atoms with E-state index >= 15 is 0 Å². The van der Waals surface area contributed by atoms with Crippen LogP contribution in [-0.4, -0.2) is 67.4 Å². The van der Waals surface area contributed by atoms with Gasteiger partial charge in [0.05, 0.1) is 16.3 Å². The van der Waals surface area contributed by atoms with Crippen LogP contribution in [0.2, 0.25) is 5.15 Å². The van der Waals surface area contributed by atoms with Crippen LogP contribution in [0.4, 0.5) is 4.39 Å².